The number of anilines is 1. The molecule has 2 amide bonds. The van der Waals surface area contributed by atoms with Crippen LogP contribution in [0.15, 0.2) is 24.3 Å². The van der Waals surface area contributed by atoms with E-state index in [0.29, 0.717) is 11.4 Å². The molecule has 0 saturated heterocycles. The van der Waals surface area contributed by atoms with Crippen LogP contribution in [-0.2, 0) is 16.1 Å². The molecule has 25 heavy (non-hydrogen) atoms. The van der Waals surface area contributed by atoms with Crippen molar-refractivity contribution in [2.45, 2.75) is 20.4 Å². The van der Waals surface area contributed by atoms with Crippen molar-refractivity contribution in [3.05, 3.63) is 52.7 Å². The van der Waals surface area contributed by atoms with E-state index in [1.54, 1.807) is 6.92 Å². The van der Waals surface area contributed by atoms with Gasteiger partial charge in [-0.05, 0) is 37.6 Å². The van der Waals surface area contributed by atoms with Gasteiger partial charge < -0.3 is 15.4 Å². The number of nitrogens with zero attached hydrogens (tertiary/aromatic N) is 1. The fourth-order valence-corrected chi connectivity index (χ4v) is 2.24. The van der Waals surface area contributed by atoms with Crippen LogP contribution in [-0.4, -0.2) is 23.9 Å². The number of nitrogens with one attached hydrogen (secondary N) is 2. The topological polar surface area (TPSA) is 80.3 Å². The van der Waals surface area contributed by atoms with E-state index >= 15 is 0 Å². The van der Waals surface area contributed by atoms with E-state index in [4.69, 9.17) is 4.74 Å². The fourth-order valence-electron chi connectivity index (χ4n) is 2.24. The first-order valence-corrected chi connectivity index (χ1v) is 7.37. The lowest BCUT2D eigenvalue weighted by atomic mass is 10.1. The molecule has 6 nitrogen and oxygen atoms in total. The lowest BCUT2D eigenvalue weighted by molar-refractivity contribution is -0.136. The van der Waals surface area contributed by atoms with Gasteiger partial charge in [-0.25, -0.2) is 13.8 Å². The van der Waals surface area contributed by atoms with E-state index in [2.05, 4.69) is 10.3 Å². The van der Waals surface area contributed by atoms with Crippen LogP contribution in [0.5, 0.6) is 5.88 Å². The number of carbonyl (C=O) groups excluding carboxylic acids is 2. The van der Waals surface area contributed by atoms with Crippen molar-refractivity contribution in [1.82, 2.24) is 10.3 Å². The van der Waals surface area contributed by atoms with Crippen LogP contribution in [0.25, 0.3) is 0 Å². The zero-order chi connectivity index (χ0) is 18.6. The highest BCUT2D eigenvalue weighted by molar-refractivity contribution is 6.39. The van der Waals surface area contributed by atoms with E-state index < -0.39 is 29.1 Å². The first-order chi connectivity index (χ1) is 11.8. The molecule has 2 aromatic rings. The second kappa shape index (κ2) is 7.69. The van der Waals surface area contributed by atoms with Gasteiger partial charge in [0.1, 0.15) is 0 Å². The second-order valence-corrected chi connectivity index (χ2v) is 5.31. The molecule has 2 N–H and O–H groups in total. The largest absolute Gasteiger partial charge is 0.481 e. The average Bonchev–Trinajstić information content (AvgIpc) is 2.57. The molecule has 0 fully saturated rings. The maximum Gasteiger partial charge on any atom is 0.313 e. The highest BCUT2D eigenvalue weighted by atomic mass is 19.2. The number of hydrogen-bond donors (Lipinski definition) is 2. The Balaban J connectivity index is 2.05. The van der Waals surface area contributed by atoms with Crippen LogP contribution >= 0.6 is 0 Å². The van der Waals surface area contributed by atoms with Gasteiger partial charge >= 0.3 is 11.8 Å². The minimum Gasteiger partial charge on any atom is -0.481 e. The SMILES string of the molecule is COc1nc(C)cc(C)c1CNC(=O)C(=O)Nc1cccc(F)c1F. The summed E-state index contributed by atoms with van der Waals surface area (Å²) >= 11 is 0. The standard InChI is InChI=1S/C17H17F2N3O3/c1-9-7-10(2)21-17(25-3)11(9)8-20-15(23)16(24)22-13-6-4-5-12(18)14(13)19/h4-7H,8H2,1-3H3,(H,20,23)(H,22,24). The van der Waals surface area contributed by atoms with Gasteiger partial charge in [0, 0.05) is 17.8 Å². The van der Waals surface area contributed by atoms with Crippen LogP contribution < -0.4 is 15.4 Å². The number of aromatic nitrogens is 1. The molecule has 0 atom stereocenters. The summed E-state index contributed by atoms with van der Waals surface area (Å²) in [5.41, 5.74) is 1.79. The Morgan fingerprint density at radius 2 is 1.92 bits per heavy atom. The molecule has 0 bridgehead atoms. The highest BCUT2D eigenvalue weighted by Gasteiger charge is 2.18. The van der Waals surface area contributed by atoms with Gasteiger partial charge in [-0.1, -0.05) is 6.07 Å². The Morgan fingerprint density at radius 1 is 1.20 bits per heavy atom. The van der Waals surface area contributed by atoms with Crippen molar-refractivity contribution in [3.63, 3.8) is 0 Å². The highest BCUT2D eigenvalue weighted by Crippen LogP contribution is 2.20. The van der Waals surface area contributed by atoms with E-state index in [1.165, 1.54) is 13.2 Å². The first-order valence-electron chi connectivity index (χ1n) is 7.37. The number of hydrogen-bond acceptors (Lipinski definition) is 4. The number of benzene rings is 1. The average molecular weight is 349 g/mol. The van der Waals surface area contributed by atoms with Crippen molar-refractivity contribution >= 4 is 17.5 Å². The molecule has 0 unspecified atom stereocenters. The molecule has 0 aliphatic rings. The summed E-state index contributed by atoms with van der Waals surface area (Å²) in [6.07, 6.45) is 0. The van der Waals surface area contributed by atoms with Gasteiger partial charge in [0.25, 0.3) is 0 Å². The number of carbonyl (C=O) groups is 2. The van der Waals surface area contributed by atoms with E-state index in [0.717, 1.165) is 23.4 Å². The summed E-state index contributed by atoms with van der Waals surface area (Å²) in [5, 5.41) is 4.43. The number of halogens is 2. The maximum atomic E-state index is 13.5. The number of ether oxygens (including phenoxy) is 1. The third-order valence-corrected chi connectivity index (χ3v) is 3.46. The molecule has 1 heterocycles. The minimum atomic E-state index is -1.23. The predicted molar refractivity (Wildman–Crippen MR) is 87.1 cm³/mol. The number of aryl methyl sites for hydroxylation is 2. The molecule has 0 aliphatic heterocycles. The monoisotopic (exact) mass is 349 g/mol. The molecule has 0 radical (unpaired) electrons. The first kappa shape index (κ1) is 18.3. The van der Waals surface area contributed by atoms with Crippen molar-refractivity contribution in [2.24, 2.45) is 0 Å². The molecule has 1 aromatic heterocycles. The van der Waals surface area contributed by atoms with E-state index in [1.807, 2.05) is 18.3 Å². The number of pyridine rings is 1. The Kier molecular flexibility index (Phi) is 5.63. The van der Waals surface area contributed by atoms with Gasteiger partial charge in [0.2, 0.25) is 5.88 Å². The van der Waals surface area contributed by atoms with Crippen LogP contribution in [0.4, 0.5) is 14.5 Å². The normalized spacial score (nSPS) is 10.3. The zero-order valence-electron chi connectivity index (χ0n) is 13.9. The molecule has 0 spiro atoms. The molecule has 0 saturated carbocycles. The van der Waals surface area contributed by atoms with Crippen molar-refractivity contribution in [3.8, 4) is 5.88 Å². The lowest BCUT2D eigenvalue weighted by Gasteiger charge is -2.13. The van der Waals surface area contributed by atoms with Crippen LogP contribution in [0, 0.1) is 25.5 Å². The number of rotatable bonds is 4. The number of methoxy groups -OCH3 is 1. The van der Waals surface area contributed by atoms with Crippen LogP contribution in [0.2, 0.25) is 0 Å². The van der Waals surface area contributed by atoms with Gasteiger partial charge in [0.05, 0.1) is 12.8 Å². The molecular formula is C17H17F2N3O3. The molecule has 8 heteroatoms. The Bertz CT molecular complexity index is 825. The Morgan fingerprint density at radius 3 is 2.60 bits per heavy atom. The van der Waals surface area contributed by atoms with Crippen molar-refractivity contribution in [2.75, 3.05) is 12.4 Å². The van der Waals surface area contributed by atoms with Gasteiger partial charge in [-0.3, -0.25) is 9.59 Å². The smallest absolute Gasteiger partial charge is 0.313 e. The molecular weight excluding hydrogens is 332 g/mol. The Labute approximate surface area is 143 Å². The predicted octanol–water partition coefficient (Wildman–Crippen LogP) is 2.24. The Hall–Kier alpha value is -3.03. The minimum absolute atomic E-state index is 0.000172. The quantitative estimate of drug-likeness (QED) is 0.830. The lowest BCUT2D eigenvalue weighted by Crippen LogP contribution is -2.35. The summed E-state index contributed by atoms with van der Waals surface area (Å²) in [6, 6.07) is 5.09. The maximum absolute atomic E-state index is 13.5. The third-order valence-electron chi connectivity index (χ3n) is 3.46. The molecule has 0 aliphatic carbocycles. The molecule has 132 valence electrons. The second-order valence-electron chi connectivity index (χ2n) is 5.31. The summed E-state index contributed by atoms with van der Waals surface area (Å²) in [5.74, 6) is -4.12. The third kappa shape index (κ3) is 4.28. The van der Waals surface area contributed by atoms with Gasteiger partial charge in [-0.2, -0.15) is 0 Å². The summed E-state index contributed by atoms with van der Waals surface area (Å²) in [4.78, 5) is 27.9. The summed E-state index contributed by atoms with van der Waals surface area (Å²) in [7, 11) is 1.45. The zero-order valence-corrected chi connectivity index (χ0v) is 13.9. The van der Waals surface area contributed by atoms with Crippen molar-refractivity contribution < 1.29 is 23.1 Å². The van der Waals surface area contributed by atoms with Crippen molar-refractivity contribution in [1.29, 1.82) is 0 Å². The summed E-state index contributed by atoms with van der Waals surface area (Å²) in [6.45, 7) is 3.62. The number of amides is 2. The van der Waals surface area contributed by atoms with E-state index in [-0.39, 0.29) is 6.54 Å². The molecule has 1 aromatic carbocycles. The van der Waals surface area contributed by atoms with Gasteiger partial charge in [0.15, 0.2) is 11.6 Å². The van der Waals surface area contributed by atoms with Gasteiger partial charge in [-0.15, -0.1) is 0 Å². The molecule has 2 rings (SSSR count). The fraction of sp³-hybridized carbons (Fsp3) is 0.235. The van der Waals surface area contributed by atoms with Crippen LogP contribution in [0.3, 0.4) is 0 Å². The summed E-state index contributed by atoms with van der Waals surface area (Å²) < 4.78 is 31.8. The van der Waals surface area contributed by atoms with Crippen LogP contribution in [0.1, 0.15) is 16.8 Å². The van der Waals surface area contributed by atoms with E-state index in [9.17, 15) is 18.4 Å².